The molecule has 0 saturated heterocycles. The molecule has 6 heteroatoms. The Hall–Kier alpha value is -2.76. The van der Waals surface area contributed by atoms with Crippen LogP contribution >= 0.6 is 0 Å². The molecule has 0 fully saturated rings. The van der Waals surface area contributed by atoms with Crippen molar-refractivity contribution < 1.29 is 23.8 Å². The third-order valence-electron chi connectivity index (χ3n) is 2.74. The molecule has 1 aromatic heterocycles. The number of carboxylic acid groups (broad SMARTS) is 1. The van der Waals surface area contributed by atoms with Gasteiger partial charge in [-0.25, -0.2) is 9.59 Å². The molecule has 104 valence electrons. The molecule has 1 heterocycles. The topological polar surface area (TPSA) is 88.8 Å². The molecule has 0 aliphatic rings. The third kappa shape index (κ3) is 2.80. The van der Waals surface area contributed by atoms with Crippen molar-refractivity contribution >= 4 is 17.6 Å². The van der Waals surface area contributed by atoms with Gasteiger partial charge in [-0.15, -0.1) is 0 Å². The molecule has 0 unspecified atom stereocenters. The Balaban J connectivity index is 2.16. The van der Waals surface area contributed by atoms with Crippen LogP contribution in [0.3, 0.4) is 0 Å². The molecule has 1 aromatic carbocycles. The fourth-order valence-corrected chi connectivity index (χ4v) is 1.76. The minimum absolute atomic E-state index is 0.104. The zero-order chi connectivity index (χ0) is 14.5. The Bertz CT molecular complexity index is 632. The summed E-state index contributed by atoms with van der Waals surface area (Å²) in [7, 11) is 1.27. The number of carboxylic acids is 1. The van der Waals surface area contributed by atoms with Gasteiger partial charge in [0, 0.05) is 17.8 Å². The van der Waals surface area contributed by atoms with Crippen molar-refractivity contribution in [3.8, 4) is 0 Å². The van der Waals surface area contributed by atoms with Gasteiger partial charge in [-0.05, 0) is 18.2 Å². The average Bonchev–Trinajstić information content (AvgIpc) is 2.92. The Morgan fingerprint density at radius 3 is 2.75 bits per heavy atom. The lowest BCUT2D eigenvalue weighted by Crippen LogP contribution is -2.09. The predicted octanol–water partition coefficient (Wildman–Crippen LogP) is 2.38. The smallest absolute Gasteiger partial charge is 0.374 e. The Morgan fingerprint density at radius 2 is 2.05 bits per heavy atom. The molecular weight excluding hydrogens is 262 g/mol. The van der Waals surface area contributed by atoms with Crippen molar-refractivity contribution in [3.63, 3.8) is 0 Å². The largest absolute Gasteiger partial charge is 0.478 e. The summed E-state index contributed by atoms with van der Waals surface area (Å²) < 4.78 is 9.65. The standard InChI is InChI=1S/C14H13NO5/c1-19-14(18)12-9(6-7-20-12)8-15-11-5-3-2-4-10(11)13(16)17/h2-7,15H,8H2,1H3,(H,16,17). The summed E-state index contributed by atoms with van der Waals surface area (Å²) in [5.41, 5.74) is 1.23. The normalized spacial score (nSPS) is 10.1. The maximum atomic E-state index is 11.4. The number of hydrogen-bond donors (Lipinski definition) is 2. The molecule has 0 atom stereocenters. The molecule has 2 rings (SSSR count). The highest BCUT2D eigenvalue weighted by atomic mass is 16.5. The van der Waals surface area contributed by atoms with Gasteiger partial charge in [0.1, 0.15) is 0 Å². The lowest BCUT2D eigenvalue weighted by molar-refractivity contribution is 0.0563. The second-order valence-corrected chi connectivity index (χ2v) is 3.97. The number of hydrogen-bond acceptors (Lipinski definition) is 5. The van der Waals surface area contributed by atoms with E-state index in [1.165, 1.54) is 19.4 Å². The van der Waals surface area contributed by atoms with Gasteiger partial charge in [-0.3, -0.25) is 0 Å². The van der Waals surface area contributed by atoms with E-state index in [4.69, 9.17) is 9.52 Å². The third-order valence-corrected chi connectivity index (χ3v) is 2.74. The van der Waals surface area contributed by atoms with Crippen molar-refractivity contribution in [2.75, 3.05) is 12.4 Å². The predicted molar refractivity (Wildman–Crippen MR) is 70.8 cm³/mol. The quantitative estimate of drug-likeness (QED) is 0.814. The maximum absolute atomic E-state index is 11.4. The first-order chi connectivity index (χ1) is 9.63. The second kappa shape index (κ2) is 5.92. The highest BCUT2D eigenvalue weighted by molar-refractivity contribution is 5.94. The lowest BCUT2D eigenvalue weighted by Gasteiger charge is -2.09. The Kier molecular flexibility index (Phi) is 4.05. The summed E-state index contributed by atoms with van der Waals surface area (Å²) in [6.07, 6.45) is 1.38. The summed E-state index contributed by atoms with van der Waals surface area (Å²) in [5, 5.41) is 12.0. The van der Waals surface area contributed by atoms with Gasteiger partial charge in [-0.1, -0.05) is 12.1 Å². The minimum atomic E-state index is -1.02. The van der Waals surface area contributed by atoms with E-state index in [0.717, 1.165) is 0 Å². The summed E-state index contributed by atoms with van der Waals surface area (Å²) in [6, 6.07) is 8.16. The van der Waals surface area contributed by atoms with Gasteiger partial charge < -0.3 is 19.6 Å². The van der Waals surface area contributed by atoms with Crippen molar-refractivity contribution in [1.29, 1.82) is 0 Å². The van der Waals surface area contributed by atoms with Crippen LogP contribution < -0.4 is 5.32 Å². The molecule has 0 amide bonds. The van der Waals surface area contributed by atoms with Crippen LogP contribution in [0.1, 0.15) is 26.5 Å². The van der Waals surface area contributed by atoms with Crippen molar-refractivity contribution in [2.24, 2.45) is 0 Å². The highest BCUT2D eigenvalue weighted by Gasteiger charge is 2.16. The number of esters is 1. The summed E-state index contributed by atoms with van der Waals surface area (Å²) in [6.45, 7) is 0.255. The molecule has 0 bridgehead atoms. The number of nitrogens with one attached hydrogen (secondary N) is 1. The van der Waals surface area contributed by atoms with Crippen LogP contribution in [0.2, 0.25) is 0 Å². The molecule has 20 heavy (non-hydrogen) atoms. The average molecular weight is 275 g/mol. The van der Waals surface area contributed by atoms with Crippen LogP contribution in [-0.2, 0) is 11.3 Å². The van der Waals surface area contributed by atoms with Gasteiger partial charge in [0.15, 0.2) is 0 Å². The van der Waals surface area contributed by atoms with Crippen LogP contribution in [0.4, 0.5) is 5.69 Å². The highest BCUT2D eigenvalue weighted by Crippen LogP contribution is 2.18. The molecular formula is C14H13NO5. The number of carbonyl (C=O) groups excluding carboxylic acids is 1. The van der Waals surface area contributed by atoms with Gasteiger partial charge in [0.25, 0.3) is 0 Å². The van der Waals surface area contributed by atoms with Crippen LogP contribution in [0.5, 0.6) is 0 Å². The Morgan fingerprint density at radius 1 is 1.30 bits per heavy atom. The van der Waals surface area contributed by atoms with Crippen molar-refractivity contribution in [1.82, 2.24) is 0 Å². The molecule has 0 saturated carbocycles. The van der Waals surface area contributed by atoms with Crippen LogP contribution in [0.25, 0.3) is 0 Å². The number of benzene rings is 1. The van der Waals surface area contributed by atoms with E-state index in [1.807, 2.05) is 0 Å². The molecule has 0 radical (unpaired) electrons. The summed E-state index contributed by atoms with van der Waals surface area (Å²) >= 11 is 0. The van der Waals surface area contributed by atoms with Gasteiger partial charge in [0.2, 0.25) is 5.76 Å². The minimum Gasteiger partial charge on any atom is -0.478 e. The first kappa shape index (κ1) is 13.7. The number of ether oxygens (including phenoxy) is 1. The number of aromatic carboxylic acids is 1. The number of carbonyl (C=O) groups is 2. The molecule has 6 nitrogen and oxygen atoms in total. The molecule has 0 aliphatic heterocycles. The fraction of sp³-hybridized carbons (Fsp3) is 0.143. The van der Waals surface area contributed by atoms with Gasteiger partial charge in [0.05, 0.1) is 18.9 Å². The summed E-state index contributed by atoms with van der Waals surface area (Å²) in [4.78, 5) is 22.5. The fourth-order valence-electron chi connectivity index (χ4n) is 1.76. The van der Waals surface area contributed by atoms with Gasteiger partial charge in [-0.2, -0.15) is 0 Å². The molecule has 2 aromatic rings. The monoisotopic (exact) mass is 275 g/mol. The van der Waals surface area contributed by atoms with Crippen LogP contribution in [-0.4, -0.2) is 24.2 Å². The maximum Gasteiger partial charge on any atom is 0.374 e. The SMILES string of the molecule is COC(=O)c1occc1CNc1ccccc1C(=O)O. The molecule has 0 spiro atoms. The van der Waals surface area contributed by atoms with E-state index in [0.29, 0.717) is 11.3 Å². The number of methoxy groups -OCH3 is 1. The van der Waals surface area contributed by atoms with E-state index in [2.05, 4.69) is 10.1 Å². The van der Waals surface area contributed by atoms with E-state index >= 15 is 0 Å². The molecule has 2 N–H and O–H groups in total. The first-order valence-corrected chi connectivity index (χ1v) is 5.84. The van der Waals surface area contributed by atoms with Crippen LogP contribution in [0, 0.1) is 0 Å². The first-order valence-electron chi connectivity index (χ1n) is 5.84. The second-order valence-electron chi connectivity index (χ2n) is 3.97. The number of rotatable bonds is 5. The number of para-hydroxylation sites is 1. The van der Waals surface area contributed by atoms with Crippen molar-refractivity contribution in [2.45, 2.75) is 6.54 Å². The molecule has 0 aliphatic carbocycles. The van der Waals surface area contributed by atoms with Crippen molar-refractivity contribution in [3.05, 3.63) is 53.5 Å². The summed E-state index contributed by atoms with van der Waals surface area (Å²) in [5.74, 6) is -1.49. The van der Waals surface area contributed by atoms with E-state index in [-0.39, 0.29) is 17.9 Å². The van der Waals surface area contributed by atoms with Crippen LogP contribution in [0.15, 0.2) is 41.0 Å². The number of anilines is 1. The number of furan rings is 1. The lowest BCUT2D eigenvalue weighted by atomic mass is 10.1. The van der Waals surface area contributed by atoms with E-state index < -0.39 is 11.9 Å². The zero-order valence-electron chi connectivity index (χ0n) is 10.8. The zero-order valence-corrected chi connectivity index (χ0v) is 10.8. The van der Waals surface area contributed by atoms with E-state index in [9.17, 15) is 9.59 Å². The Labute approximate surface area is 115 Å². The van der Waals surface area contributed by atoms with Gasteiger partial charge >= 0.3 is 11.9 Å². The van der Waals surface area contributed by atoms with E-state index in [1.54, 1.807) is 24.3 Å².